The zero-order chi connectivity index (χ0) is 12.8. The van der Waals surface area contributed by atoms with Gasteiger partial charge in [-0.3, -0.25) is 9.89 Å². The van der Waals surface area contributed by atoms with Crippen LogP contribution >= 0.6 is 0 Å². The molecule has 1 amide bonds. The molecule has 0 saturated carbocycles. The number of aromatic amines is 1. The summed E-state index contributed by atoms with van der Waals surface area (Å²) >= 11 is 0. The van der Waals surface area contributed by atoms with Gasteiger partial charge in [0.2, 0.25) is 5.82 Å². The first-order chi connectivity index (χ1) is 8.81. The molecular formula is C12H15N5O. The van der Waals surface area contributed by atoms with E-state index in [-0.39, 0.29) is 11.7 Å². The van der Waals surface area contributed by atoms with E-state index >= 15 is 0 Å². The van der Waals surface area contributed by atoms with E-state index < -0.39 is 0 Å². The van der Waals surface area contributed by atoms with Gasteiger partial charge in [0.15, 0.2) is 0 Å². The van der Waals surface area contributed by atoms with Crippen LogP contribution in [0, 0.1) is 0 Å². The van der Waals surface area contributed by atoms with E-state index in [1.165, 1.54) is 6.33 Å². The first kappa shape index (κ1) is 12.3. The maximum absolute atomic E-state index is 11.8. The summed E-state index contributed by atoms with van der Waals surface area (Å²) in [6.07, 6.45) is 1.31. The summed E-state index contributed by atoms with van der Waals surface area (Å²) in [7, 11) is 0. The van der Waals surface area contributed by atoms with Crippen molar-refractivity contribution in [3.05, 3.63) is 42.0 Å². The van der Waals surface area contributed by atoms with Crippen molar-refractivity contribution in [3.63, 3.8) is 0 Å². The number of para-hydroxylation sites is 1. The number of hydrogen-bond donors (Lipinski definition) is 3. The van der Waals surface area contributed by atoms with Gasteiger partial charge in [-0.15, -0.1) is 0 Å². The Labute approximate surface area is 105 Å². The molecule has 94 valence electrons. The molecule has 2 rings (SSSR count). The lowest BCUT2D eigenvalue weighted by atomic mass is 10.1. The minimum atomic E-state index is -0.295. The highest BCUT2D eigenvalue weighted by Gasteiger charge is 2.10. The number of carbonyl (C=O) groups excluding carboxylic acids is 1. The Hall–Kier alpha value is -2.21. The van der Waals surface area contributed by atoms with Crippen LogP contribution in [0.4, 0.5) is 5.69 Å². The maximum atomic E-state index is 11.8. The summed E-state index contributed by atoms with van der Waals surface area (Å²) in [5.74, 6) is -0.0929. The second kappa shape index (κ2) is 5.92. The third kappa shape index (κ3) is 2.92. The summed E-state index contributed by atoms with van der Waals surface area (Å²) in [5, 5.41) is 12.2. The minimum Gasteiger partial charge on any atom is -0.319 e. The summed E-state index contributed by atoms with van der Waals surface area (Å²) in [6, 6.07) is 7.65. The first-order valence-corrected chi connectivity index (χ1v) is 5.76. The fourth-order valence-corrected chi connectivity index (χ4v) is 1.55. The zero-order valence-corrected chi connectivity index (χ0v) is 10.1. The van der Waals surface area contributed by atoms with Crippen molar-refractivity contribution < 1.29 is 4.79 Å². The number of benzene rings is 1. The number of aromatic nitrogens is 3. The average Bonchev–Trinajstić information content (AvgIpc) is 2.91. The molecule has 0 aliphatic heterocycles. The van der Waals surface area contributed by atoms with Crippen LogP contribution in [0.15, 0.2) is 30.6 Å². The van der Waals surface area contributed by atoms with Crippen molar-refractivity contribution in [1.82, 2.24) is 20.5 Å². The fraction of sp³-hybridized carbons (Fsp3) is 0.250. The molecule has 1 heterocycles. The second-order valence-corrected chi connectivity index (χ2v) is 3.73. The summed E-state index contributed by atoms with van der Waals surface area (Å²) in [5.41, 5.74) is 1.81. The Kier molecular flexibility index (Phi) is 4.03. The molecule has 0 unspecified atom stereocenters. The van der Waals surface area contributed by atoms with Crippen molar-refractivity contribution in [2.24, 2.45) is 0 Å². The van der Waals surface area contributed by atoms with Crippen LogP contribution in [0.2, 0.25) is 0 Å². The van der Waals surface area contributed by atoms with Crippen molar-refractivity contribution in [2.75, 3.05) is 11.9 Å². The molecule has 6 nitrogen and oxygen atoms in total. The summed E-state index contributed by atoms with van der Waals surface area (Å²) < 4.78 is 0. The number of amides is 1. The van der Waals surface area contributed by atoms with Gasteiger partial charge in [-0.1, -0.05) is 25.1 Å². The van der Waals surface area contributed by atoms with E-state index in [1.807, 2.05) is 31.2 Å². The quantitative estimate of drug-likeness (QED) is 0.738. The molecule has 1 aromatic carbocycles. The predicted molar refractivity (Wildman–Crippen MR) is 68.2 cm³/mol. The highest BCUT2D eigenvalue weighted by atomic mass is 16.2. The second-order valence-electron chi connectivity index (χ2n) is 3.73. The first-order valence-electron chi connectivity index (χ1n) is 5.76. The van der Waals surface area contributed by atoms with Gasteiger partial charge in [0.05, 0.1) is 0 Å². The van der Waals surface area contributed by atoms with Gasteiger partial charge in [0.25, 0.3) is 5.91 Å². The molecular weight excluding hydrogens is 230 g/mol. The molecule has 0 radical (unpaired) electrons. The van der Waals surface area contributed by atoms with E-state index in [1.54, 1.807) is 0 Å². The lowest BCUT2D eigenvalue weighted by Crippen LogP contribution is -2.18. The molecule has 6 heteroatoms. The highest BCUT2D eigenvalue weighted by Crippen LogP contribution is 2.15. The van der Waals surface area contributed by atoms with Crippen molar-refractivity contribution >= 4 is 11.6 Å². The normalized spacial score (nSPS) is 10.3. The molecule has 0 bridgehead atoms. The smallest absolute Gasteiger partial charge is 0.292 e. The summed E-state index contributed by atoms with van der Waals surface area (Å²) in [4.78, 5) is 15.6. The highest BCUT2D eigenvalue weighted by molar-refractivity contribution is 6.01. The van der Waals surface area contributed by atoms with E-state index in [0.717, 1.165) is 17.8 Å². The number of rotatable bonds is 5. The molecule has 3 N–H and O–H groups in total. The number of hydrogen-bond acceptors (Lipinski definition) is 4. The molecule has 0 aliphatic rings. The van der Waals surface area contributed by atoms with Crippen molar-refractivity contribution in [3.8, 4) is 0 Å². The molecule has 18 heavy (non-hydrogen) atoms. The Balaban J connectivity index is 2.11. The van der Waals surface area contributed by atoms with Gasteiger partial charge in [-0.25, -0.2) is 4.98 Å². The third-order valence-corrected chi connectivity index (χ3v) is 2.46. The molecule has 0 aliphatic carbocycles. The SMILES string of the molecule is CCNCc1ccccc1NC(=O)c1ncn[nH]1. The van der Waals surface area contributed by atoms with E-state index in [2.05, 4.69) is 25.8 Å². The lowest BCUT2D eigenvalue weighted by molar-refractivity contribution is 0.101. The Morgan fingerprint density at radius 2 is 2.22 bits per heavy atom. The van der Waals surface area contributed by atoms with Gasteiger partial charge < -0.3 is 10.6 Å². The number of nitrogens with zero attached hydrogens (tertiary/aromatic N) is 2. The fourth-order valence-electron chi connectivity index (χ4n) is 1.55. The number of anilines is 1. The van der Waals surface area contributed by atoms with Crippen LogP contribution < -0.4 is 10.6 Å². The molecule has 0 spiro atoms. The van der Waals surface area contributed by atoms with Crippen LogP contribution in [0.3, 0.4) is 0 Å². The number of H-pyrrole nitrogens is 1. The van der Waals surface area contributed by atoms with E-state index in [9.17, 15) is 4.79 Å². The van der Waals surface area contributed by atoms with Crippen LogP contribution in [0.5, 0.6) is 0 Å². The van der Waals surface area contributed by atoms with Gasteiger partial charge in [0.1, 0.15) is 6.33 Å². The Morgan fingerprint density at radius 3 is 2.94 bits per heavy atom. The van der Waals surface area contributed by atoms with Crippen LogP contribution in [-0.4, -0.2) is 27.6 Å². The van der Waals surface area contributed by atoms with Crippen LogP contribution in [0.25, 0.3) is 0 Å². The van der Waals surface area contributed by atoms with Gasteiger partial charge >= 0.3 is 0 Å². The van der Waals surface area contributed by atoms with Gasteiger partial charge in [-0.05, 0) is 18.2 Å². The maximum Gasteiger partial charge on any atom is 0.292 e. The number of nitrogens with one attached hydrogen (secondary N) is 3. The monoisotopic (exact) mass is 245 g/mol. The topological polar surface area (TPSA) is 82.7 Å². The lowest BCUT2D eigenvalue weighted by Gasteiger charge is -2.10. The van der Waals surface area contributed by atoms with Gasteiger partial charge in [0, 0.05) is 12.2 Å². The standard InChI is InChI=1S/C12H15N5O/c1-2-13-7-9-5-3-4-6-10(9)16-12(18)11-14-8-15-17-11/h3-6,8,13H,2,7H2,1H3,(H,16,18)(H,14,15,17). The van der Waals surface area contributed by atoms with Gasteiger partial charge in [-0.2, -0.15) is 5.10 Å². The van der Waals surface area contributed by atoms with Crippen molar-refractivity contribution in [1.29, 1.82) is 0 Å². The predicted octanol–water partition coefficient (Wildman–Crippen LogP) is 1.17. The summed E-state index contributed by atoms with van der Waals surface area (Å²) in [6.45, 7) is 3.63. The Bertz CT molecular complexity index is 509. The van der Waals surface area contributed by atoms with Crippen LogP contribution in [0.1, 0.15) is 23.1 Å². The largest absolute Gasteiger partial charge is 0.319 e. The van der Waals surface area contributed by atoms with E-state index in [0.29, 0.717) is 6.54 Å². The molecule has 1 aromatic heterocycles. The molecule has 0 saturated heterocycles. The molecule has 0 fully saturated rings. The number of carbonyl (C=O) groups is 1. The average molecular weight is 245 g/mol. The Morgan fingerprint density at radius 1 is 1.39 bits per heavy atom. The minimum absolute atomic E-state index is 0.202. The van der Waals surface area contributed by atoms with Crippen LogP contribution in [-0.2, 0) is 6.54 Å². The van der Waals surface area contributed by atoms with E-state index in [4.69, 9.17) is 0 Å². The zero-order valence-electron chi connectivity index (χ0n) is 10.1. The molecule has 0 atom stereocenters. The molecule has 2 aromatic rings. The third-order valence-electron chi connectivity index (χ3n) is 2.46. The van der Waals surface area contributed by atoms with Crippen molar-refractivity contribution in [2.45, 2.75) is 13.5 Å².